The second-order valence-corrected chi connectivity index (χ2v) is 4.40. The lowest BCUT2D eigenvalue weighted by atomic mass is 10.1. The Balaban J connectivity index is 1.90. The molecule has 0 atom stereocenters. The van der Waals surface area contributed by atoms with Crippen molar-refractivity contribution in [2.75, 3.05) is 6.61 Å². The van der Waals surface area contributed by atoms with E-state index in [0.717, 1.165) is 11.1 Å². The van der Waals surface area contributed by atoms with Crippen LogP contribution in [0.5, 0.6) is 0 Å². The van der Waals surface area contributed by atoms with Crippen molar-refractivity contribution in [2.45, 2.75) is 13.0 Å². The first-order valence-corrected chi connectivity index (χ1v) is 6.66. The maximum absolute atomic E-state index is 11.9. The molecule has 4 heteroatoms. The van der Waals surface area contributed by atoms with Crippen molar-refractivity contribution >= 4 is 5.91 Å². The molecule has 0 unspecified atom stereocenters. The Bertz CT molecular complexity index is 640. The lowest BCUT2D eigenvalue weighted by Crippen LogP contribution is -2.22. The summed E-state index contributed by atoms with van der Waals surface area (Å²) in [5, 5.41) is 11.5. The van der Waals surface area contributed by atoms with Crippen LogP contribution in [-0.2, 0) is 6.54 Å². The minimum Gasteiger partial charge on any atom is -0.395 e. The van der Waals surface area contributed by atoms with Crippen LogP contribution in [0.1, 0.15) is 27.9 Å². The number of aliphatic hydroxyl groups excluding tert-OH is 1. The molecule has 0 saturated heterocycles. The topological polar surface area (TPSA) is 62.2 Å². The van der Waals surface area contributed by atoms with E-state index < -0.39 is 0 Å². The number of nitrogens with one attached hydrogen (secondary N) is 1. The fourth-order valence-corrected chi connectivity index (χ4v) is 1.71. The average molecular weight is 280 g/mol. The van der Waals surface area contributed by atoms with Gasteiger partial charge >= 0.3 is 0 Å². The van der Waals surface area contributed by atoms with E-state index in [1.807, 2.05) is 24.3 Å². The fraction of sp³-hybridized carbons (Fsp3) is 0.176. The third kappa shape index (κ3) is 4.75. The molecule has 0 aliphatic rings. The van der Waals surface area contributed by atoms with Crippen molar-refractivity contribution in [1.29, 1.82) is 0 Å². The molecule has 1 aromatic carbocycles. The highest BCUT2D eigenvalue weighted by molar-refractivity contribution is 5.93. The van der Waals surface area contributed by atoms with Crippen LogP contribution in [0.2, 0.25) is 0 Å². The quantitative estimate of drug-likeness (QED) is 0.839. The summed E-state index contributed by atoms with van der Waals surface area (Å²) in [6, 6.07) is 11.1. The minimum absolute atomic E-state index is 0.0749. The summed E-state index contributed by atoms with van der Waals surface area (Å²) in [6.45, 7) is 0.531. The number of benzene rings is 1. The van der Waals surface area contributed by atoms with Crippen LogP contribution in [0, 0.1) is 11.8 Å². The van der Waals surface area contributed by atoms with Gasteiger partial charge in [0.1, 0.15) is 0 Å². The van der Waals surface area contributed by atoms with E-state index in [2.05, 4.69) is 22.1 Å². The van der Waals surface area contributed by atoms with Crippen LogP contribution in [-0.4, -0.2) is 22.6 Å². The van der Waals surface area contributed by atoms with Crippen LogP contribution in [0.4, 0.5) is 0 Å². The molecule has 2 rings (SSSR count). The summed E-state index contributed by atoms with van der Waals surface area (Å²) in [5.41, 5.74) is 2.44. The van der Waals surface area contributed by atoms with Crippen molar-refractivity contribution in [3.05, 3.63) is 65.5 Å². The molecule has 1 aromatic heterocycles. The molecule has 4 nitrogen and oxygen atoms in total. The van der Waals surface area contributed by atoms with E-state index in [4.69, 9.17) is 5.11 Å². The Labute approximate surface area is 123 Å². The number of hydrogen-bond donors (Lipinski definition) is 2. The molecule has 2 aromatic rings. The molecule has 21 heavy (non-hydrogen) atoms. The van der Waals surface area contributed by atoms with Crippen LogP contribution in [0.15, 0.2) is 48.8 Å². The van der Waals surface area contributed by atoms with Crippen LogP contribution in [0.25, 0.3) is 0 Å². The fourth-order valence-electron chi connectivity index (χ4n) is 1.71. The molecule has 0 spiro atoms. The monoisotopic (exact) mass is 280 g/mol. The van der Waals surface area contributed by atoms with E-state index >= 15 is 0 Å². The second kappa shape index (κ2) is 7.83. The van der Waals surface area contributed by atoms with Gasteiger partial charge in [0.25, 0.3) is 5.91 Å². The number of nitrogens with zero attached hydrogens (tertiary/aromatic N) is 1. The molecule has 0 fully saturated rings. The average Bonchev–Trinajstić information content (AvgIpc) is 2.55. The number of aromatic nitrogens is 1. The van der Waals surface area contributed by atoms with Gasteiger partial charge in [0, 0.05) is 30.9 Å². The summed E-state index contributed by atoms with van der Waals surface area (Å²) in [5.74, 6) is 5.68. The highest BCUT2D eigenvalue weighted by Gasteiger charge is 2.04. The minimum atomic E-state index is -0.144. The van der Waals surface area contributed by atoms with Crippen LogP contribution >= 0.6 is 0 Å². The number of aliphatic hydroxyl groups is 1. The zero-order chi connectivity index (χ0) is 14.9. The molecule has 106 valence electrons. The van der Waals surface area contributed by atoms with Gasteiger partial charge in [0.2, 0.25) is 0 Å². The van der Waals surface area contributed by atoms with Gasteiger partial charge in [-0.2, -0.15) is 0 Å². The molecule has 1 heterocycles. The summed E-state index contributed by atoms with van der Waals surface area (Å²) in [4.78, 5) is 15.8. The summed E-state index contributed by atoms with van der Waals surface area (Å²) in [7, 11) is 0. The molecule has 0 radical (unpaired) electrons. The molecular weight excluding hydrogens is 264 g/mol. The SMILES string of the molecule is O=C(NCc1ccc(C#CCCO)cc1)c1cccnc1. The second-order valence-electron chi connectivity index (χ2n) is 4.40. The van der Waals surface area contributed by atoms with Crippen LogP contribution < -0.4 is 5.32 Å². The van der Waals surface area contributed by atoms with Gasteiger partial charge in [-0.05, 0) is 29.8 Å². The van der Waals surface area contributed by atoms with Crippen molar-refractivity contribution in [1.82, 2.24) is 10.3 Å². The first kappa shape index (κ1) is 14.8. The highest BCUT2D eigenvalue weighted by atomic mass is 16.2. The smallest absolute Gasteiger partial charge is 0.253 e. The van der Waals surface area contributed by atoms with E-state index in [9.17, 15) is 4.79 Å². The highest BCUT2D eigenvalue weighted by Crippen LogP contribution is 2.04. The molecule has 0 aliphatic heterocycles. The standard InChI is InChI=1S/C17H16N2O2/c20-11-2-1-4-14-6-8-15(9-7-14)12-19-17(21)16-5-3-10-18-13-16/h3,5-10,13,20H,2,11-12H2,(H,19,21). The molecule has 1 amide bonds. The van der Waals surface area contributed by atoms with E-state index in [1.54, 1.807) is 18.3 Å². The number of carbonyl (C=O) groups excluding carboxylic acids is 1. The summed E-state index contributed by atoms with van der Waals surface area (Å²) in [6.07, 6.45) is 3.64. The van der Waals surface area contributed by atoms with Crippen molar-refractivity contribution < 1.29 is 9.90 Å². The van der Waals surface area contributed by atoms with Gasteiger partial charge in [0.15, 0.2) is 0 Å². The summed E-state index contributed by atoms with van der Waals surface area (Å²) < 4.78 is 0. The number of amides is 1. The van der Waals surface area contributed by atoms with Crippen molar-refractivity contribution in [3.8, 4) is 11.8 Å². The Morgan fingerprint density at radius 2 is 2.05 bits per heavy atom. The Hall–Kier alpha value is -2.64. The largest absolute Gasteiger partial charge is 0.395 e. The third-order valence-corrected chi connectivity index (χ3v) is 2.80. The Morgan fingerprint density at radius 3 is 2.71 bits per heavy atom. The van der Waals surface area contributed by atoms with Gasteiger partial charge in [-0.15, -0.1) is 0 Å². The zero-order valence-corrected chi connectivity index (χ0v) is 11.5. The van der Waals surface area contributed by atoms with Gasteiger partial charge in [-0.3, -0.25) is 9.78 Å². The number of rotatable bonds is 4. The number of carbonyl (C=O) groups is 1. The van der Waals surface area contributed by atoms with Gasteiger partial charge in [0.05, 0.1) is 12.2 Å². The number of pyridine rings is 1. The Morgan fingerprint density at radius 1 is 1.24 bits per heavy atom. The molecule has 0 aliphatic carbocycles. The summed E-state index contributed by atoms with van der Waals surface area (Å²) >= 11 is 0. The molecular formula is C17H16N2O2. The molecule has 2 N–H and O–H groups in total. The van der Waals surface area contributed by atoms with Gasteiger partial charge in [-0.1, -0.05) is 24.0 Å². The lowest BCUT2D eigenvalue weighted by Gasteiger charge is -2.05. The van der Waals surface area contributed by atoms with E-state index in [-0.39, 0.29) is 12.5 Å². The first-order chi connectivity index (χ1) is 10.3. The predicted octanol–water partition coefficient (Wildman–Crippen LogP) is 1.75. The normalized spacial score (nSPS) is 9.57. The van der Waals surface area contributed by atoms with Crippen LogP contribution in [0.3, 0.4) is 0 Å². The zero-order valence-electron chi connectivity index (χ0n) is 11.5. The van der Waals surface area contributed by atoms with Gasteiger partial charge < -0.3 is 10.4 Å². The van der Waals surface area contributed by atoms with Crippen molar-refractivity contribution in [2.24, 2.45) is 0 Å². The maximum atomic E-state index is 11.9. The van der Waals surface area contributed by atoms with Crippen molar-refractivity contribution in [3.63, 3.8) is 0 Å². The molecule has 0 bridgehead atoms. The van der Waals surface area contributed by atoms with E-state index in [1.165, 1.54) is 6.20 Å². The third-order valence-electron chi connectivity index (χ3n) is 2.80. The number of hydrogen-bond acceptors (Lipinski definition) is 3. The maximum Gasteiger partial charge on any atom is 0.253 e. The predicted molar refractivity (Wildman–Crippen MR) is 80.4 cm³/mol. The van der Waals surface area contributed by atoms with Gasteiger partial charge in [-0.25, -0.2) is 0 Å². The Kier molecular flexibility index (Phi) is 5.50. The molecule has 0 saturated carbocycles. The first-order valence-electron chi connectivity index (χ1n) is 6.66. The lowest BCUT2D eigenvalue weighted by molar-refractivity contribution is 0.0950. The van der Waals surface area contributed by atoms with E-state index in [0.29, 0.717) is 18.5 Å².